The van der Waals surface area contributed by atoms with E-state index >= 15 is 0 Å². The lowest BCUT2D eigenvalue weighted by atomic mass is 10.2. The van der Waals surface area contributed by atoms with Gasteiger partial charge in [0.15, 0.2) is 0 Å². The van der Waals surface area contributed by atoms with Gasteiger partial charge in [-0.15, -0.1) is 0 Å². The maximum atomic E-state index is 13.0. The van der Waals surface area contributed by atoms with Crippen molar-refractivity contribution in [1.29, 1.82) is 0 Å². The number of nitrogen functional groups attached to an aromatic ring is 1. The molecule has 0 aliphatic carbocycles. The smallest absolute Gasteiger partial charge is 0.330 e. The van der Waals surface area contributed by atoms with E-state index in [4.69, 9.17) is 5.73 Å². The van der Waals surface area contributed by atoms with Crippen LogP contribution in [0.2, 0.25) is 0 Å². The number of anilines is 4. The largest absolute Gasteiger partial charge is 0.399 e. The average molecular weight is 343 g/mol. The van der Waals surface area contributed by atoms with Gasteiger partial charge in [0.1, 0.15) is 0 Å². The fourth-order valence-corrected chi connectivity index (χ4v) is 2.78. The monoisotopic (exact) mass is 343 g/mol. The summed E-state index contributed by atoms with van der Waals surface area (Å²) in [6, 6.07) is 21.9. The molecule has 0 fully saturated rings. The number of carbonyl (C=O) groups is 1. The van der Waals surface area contributed by atoms with Gasteiger partial charge in [-0.3, -0.25) is 4.90 Å². The molecule has 0 unspecified atom stereocenters. The van der Waals surface area contributed by atoms with Gasteiger partial charge < -0.3 is 16.0 Å². The quantitative estimate of drug-likeness (QED) is 0.478. The van der Waals surface area contributed by atoms with Crippen LogP contribution < -0.4 is 16.0 Å². The van der Waals surface area contributed by atoms with Gasteiger partial charge in [0, 0.05) is 11.4 Å². The van der Waals surface area contributed by atoms with Crippen LogP contribution in [0.3, 0.4) is 0 Å². The third-order valence-electron chi connectivity index (χ3n) is 4.04. The van der Waals surface area contributed by atoms with Gasteiger partial charge in [-0.25, -0.2) is 9.78 Å². The Bertz CT molecular complexity index is 1040. The van der Waals surface area contributed by atoms with E-state index in [1.54, 1.807) is 23.4 Å². The highest BCUT2D eigenvalue weighted by Crippen LogP contribution is 2.27. The molecule has 3 aromatic carbocycles. The Morgan fingerprint density at radius 2 is 1.69 bits per heavy atom. The maximum absolute atomic E-state index is 13.0. The molecule has 2 amide bonds. The number of nitrogens with zero attached hydrogens (tertiary/aromatic N) is 2. The van der Waals surface area contributed by atoms with E-state index in [0.717, 1.165) is 22.4 Å². The molecule has 26 heavy (non-hydrogen) atoms. The number of nitrogens with one attached hydrogen (secondary N) is 2. The number of carbonyl (C=O) groups excluding carboxylic acids is 1. The lowest BCUT2D eigenvalue weighted by Crippen LogP contribution is -2.30. The van der Waals surface area contributed by atoms with Crippen LogP contribution in [-0.4, -0.2) is 16.0 Å². The molecular formula is C20H17N5O. The van der Waals surface area contributed by atoms with E-state index in [0.29, 0.717) is 11.4 Å². The summed E-state index contributed by atoms with van der Waals surface area (Å²) >= 11 is 0. The molecule has 0 atom stereocenters. The Morgan fingerprint density at radius 1 is 0.962 bits per heavy atom. The number of urea groups is 1. The third-order valence-corrected chi connectivity index (χ3v) is 4.04. The van der Waals surface area contributed by atoms with E-state index in [-0.39, 0.29) is 6.03 Å². The van der Waals surface area contributed by atoms with Gasteiger partial charge in [-0.1, -0.05) is 18.2 Å². The first-order valence-electron chi connectivity index (χ1n) is 8.15. The highest BCUT2D eigenvalue weighted by atomic mass is 16.2. The SMILES string of the molecule is Nc1ccc(N(C(=O)Nc2ccc3nc[nH]c3c2)c2ccccc2)cc1. The second kappa shape index (κ2) is 6.60. The summed E-state index contributed by atoms with van der Waals surface area (Å²) < 4.78 is 0. The number of benzene rings is 3. The van der Waals surface area contributed by atoms with Crippen molar-refractivity contribution in [3.8, 4) is 0 Å². The Balaban J connectivity index is 1.68. The molecule has 0 radical (unpaired) electrons. The fraction of sp³-hybridized carbons (Fsp3) is 0. The molecule has 0 saturated carbocycles. The van der Waals surface area contributed by atoms with Crippen molar-refractivity contribution in [3.05, 3.63) is 79.1 Å². The zero-order valence-corrected chi connectivity index (χ0v) is 13.9. The highest BCUT2D eigenvalue weighted by molar-refractivity contribution is 6.07. The van der Waals surface area contributed by atoms with Crippen molar-refractivity contribution in [2.75, 3.05) is 16.0 Å². The molecule has 6 nitrogen and oxygen atoms in total. The van der Waals surface area contributed by atoms with Crippen LogP contribution >= 0.6 is 0 Å². The summed E-state index contributed by atoms with van der Waals surface area (Å²) in [6.45, 7) is 0. The second-order valence-corrected chi connectivity index (χ2v) is 5.83. The van der Waals surface area contributed by atoms with Gasteiger partial charge in [0.2, 0.25) is 0 Å². The number of aromatic amines is 1. The summed E-state index contributed by atoms with van der Waals surface area (Å²) in [7, 11) is 0. The first-order chi connectivity index (χ1) is 12.7. The maximum Gasteiger partial charge on any atom is 0.330 e. The number of para-hydroxylation sites is 1. The zero-order valence-electron chi connectivity index (χ0n) is 13.9. The minimum atomic E-state index is -0.264. The second-order valence-electron chi connectivity index (χ2n) is 5.83. The van der Waals surface area contributed by atoms with Crippen molar-refractivity contribution in [1.82, 2.24) is 9.97 Å². The van der Waals surface area contributed by atoms with Crippen molar-refractivity contribution in [2.45, 2.75) is 0 Å². The molecular weight excluding hydrogens is 326 g/mol. The number of aromatic nitrogens is 2. The lowest BCUT2D eigenvalue weighted by Gasteiger charge is -2.23. The predicted molar refractivity (Wildman–Crippen MR) is 105 cm³/mol. The minimum Gasteiger partial charge on any atom is -0.399 e. The summed E-state index contributed by atoms with van der Waals surface area (Å²) in [4.78, 5) is 21.9. The summed E-state index contributed by atoms with van der Waals surface area (Å²) in [5, 5.41) is 2.94. The third kappa shape index (κ3) is 3.08. The number of amides is 2. The van der Waals surface area contributed by atoms with Crippen LogP contribution in [0.4, 0.5) is 27.5 Å². The zero-order chi connectivity index (χ0) is 17.9. The number of rotatable bonds is 3. The summed E-state index contributed by atoms with van der Waals surface area (Å²) in [5.74, 6) is 0. The molecule has 4 N–H and O–H groups in total. The Labute approximate surface area is 150 Å². The van der Waals surface area contributed by atoms with Crippen molar-refractivity contribution in [2.24, 2.45) is 0 Å². The van der Waals surface area contributed by atoms with Gasteiger partial charge in [0.25, 0.3) is 0 Å². The van der Waals surface area contributed by atoms with Crippen molar-refractivity contribution >= 4 is 39.8 Å². The lowest BCUT2D eigenvalue weighted by molar-refractivity contribution is 0.259. The van der Waals surface area contributed by atoms with Crippen LogP contribution in [0.25, 0.3) is 11.0 Å². The number of hydrogen-bond acceptors (Lipinski definition) is 3. The summed E-state index contributed by atoms with van der Waals surface area (Å²) in [6.07, 6.45) is 1.63. The Kier molecular flexibility index (Phi) is 3.99. The van der Waals surface area contributed by atoms with E-state index in [1.165, 1.54) is 0 Å². The van der Waals surface area contributed by atoms with Gasteiger partial charge >= 0.3 is 6.03 Å². The van der Waals surface area contributed by atoms with Gasteiger partial charge in [0.05, 0.1) is 28.7 Å². The molecule has 0 bridgehead atoms. The van der Waals surface area contributed by atoms with E-state index in [2.05, 4.69) is 15.3 Å². The minimum absolute atomic E-state index is 0.264. The topological polar surface area (TPSA) is 87.0 Å². The molecule has 6 heteroatoms. The fourth-order valence-electron chi connectivity index (χ4n) is 2.78. The molecule has 4 rings (SSSR count). The molecule has 128 valence electrons. The molecule has 4 aromatic rings. The molecule has 1 heterocycles. The number of imidazole rings is 1. The molecule has 0 spiro atoms. The first kappa shape index (κ1) is 15.7. The predicted octanol–water partition coefficient (Wildman–Crippen LogP) is 4.52. The number of fused-ring (bicyclic) bond motifs is 1. The molecule has 0 saturated heterocycles. The normalized spacial score (nSPS) is 10.6. The first-order valence-corrected chi connectivity index (χ1v) is 8.15. The Hall–Kier alpha value is -3.80. The van der Waals surface area contributed by atoms with Crippen LogP contribution in [-0.2, 0) is 0 Å². The number of H-pyrrole nitrogens is 1. The van der Waals surface area contributed by atoms with Crippen molar-refractivity contribution < 1.29 is 4.79 Å². The molecule has 1 aromatic heterocycles. The average Bonchev–Trinajstić information content (AvgIpc) is 3.12. The van der Waals surface area contributed by atoms with E-state index < -0.39 is 0 Å². The highest BCUT2D eigenvalue weighted by Gasteiger charge is 2.18. The van der Waals surface area contributed by atoms with Gasteiger partial charge in [-0.05, 0) is 54.6 Å². The van der Waals surface area contributed by atoms with Crippen LogP contribution in [0.5, 0.6) is 0 Å². The molecule has 0 aliphatic heterocycles. The molecule has 0 aliphatic rings. The number of nitrogens with two attached hydrogens (primary N) is 1. The van der Waals surface area contributed by atoms with Crippen LogP contribution in [0.15, 0.2) is 79.1 Å². The summed E-state index contributed by atoms with van der Waals surface area (Å²) in [5.41, 5.74) is 10.3. The van der Waals surface area contributed by atoms with Crippen molar-refractivity contribution in [3.63, 3.8) is 0 Å². The number of hydrogen-bond donors (Lipinski definition) is 3. The van der Waals surface area contributed by atoms with Crippen LogP contribution in [0, 0.1) is 0 Å². The standard InChI is InChI=1S/C20H17N5O/c21-14-6-9-17(10-7-14)25(16-4-2-1-3-5-16)20(26)24-15-8-11-18-19(12-15)23-13-22-18/h1-13H,21H2,(H,22,23)(H,24,26). The Morgan fingerprint density at radius 3 is 2.46 bits per heavy atom. The van der Waals surface area contributed by atoms with E-state index in [9.17, 15) is 4.79 Å². The van der Waals surface area contributed by atoms with E-state index in [1.807, 2.05) is 60.7 Å². The van der Waals surface area contributed by atoms with Gasteiger partial charge in [-0.2, -0.15) is 0 Å². The van der Waals surface area contributed by atoms with Crippen LogP contribution in [0.1, 0.15) is 0 Å².